The Morgan fingerprint density at radius 2 is 1.80 bits per heavy atom. The molecule has 0 unspecified atom stereocenters. The highest BCUT2D eigenvalue weighted by Crippen LogP contribution is 2.37. The average molecular weight is 452 g/mol. The molecule has 1 aromatic rings. The number of alkyl halides is 3. The van der Waals surface area contributed by atoms with Crippen molar-refractivity contribution in [3.05, 3.63) is 24.3 Å². The number of carboxylic acids is 1. The van der Waals surface area contributed by atoms with Gasteiger partial charge in [0, 0.05) is 12.0 Å². The lowest BCUT2D eigenvalue weighted by Crippen LogP contribution is -2.51. The van der Waals surface area contributed by atoms with Crippen LogP contribution in [0.4, 0.5) is 13.2 Å². The number of ether oxygens (including phenoxy) is 1. The quantitative estimate of drug-likeness (QED) is 0.702. The summed E-state index contributed by atoms with van der Waals surface area (Å²) >= 11 is 0. The van der Waals surface area contributed by atoms with Crippen LogP contribution in [0, 0.1) is 5.41 Å². The summed E-state index contributed by atoms with van der Waals surface area (Å²) in [5.41, 5.74) is -0.249. The third-order valence-corrected chi connectivity index (χ3v) is 6.65. The Kier molecular flexibility index (Phi) is 7.48. The molecule has 30 heavy (non-hydrogen) atoms. The zero-order valence-electron chi connectivity index (χ0n) is 16.2. The smallest absolute Gasteiger partial charge is 0.490 e. The zero-order chi connectivity index (χ0) is 22.6. The summed E-state index contributed by atoms with van der Waals surface area (Å²) in [5, 5.41) is 10.4. The van der Waals surface area contributed by atoms with E-state index >= 15 is 0 Å². The van der Waals surface area contributed by atoms with E-state index in [-0.39, 0.29) is 22.6 Å². The molecule has 2 N–H and O–H groups in total. The van der Waals surface area contributed by atoms with Gasteiger partial charge in [-0.15, -0.1) is 0 Å². The second kappa shape index (κ2) is 9.31. The van der Waals surface area contributed by atoms with Gasteiger partial charge in [-0.3, -0.25) is 4.79 Å². The van der Waals surface area contributed by atoms with Gasteiger partial charge in [-0.25, -0.2) is 13.2 Å². The van der Waals surface area contributed by atoms with Gasteiger partial charge in [-0.2, -0.15) is 17.5 Å². The Hall–Kier alpha value is -2.18. The number of para-hydroxylation sites is 1. The zero-order valence-corrected chi connectivity index (χ0v) is 17.1. The number of sulfonamides is 1. The number of carboxylic acid groups (broad SMARTS) is 1. The predicted molar refractivity (Wildman–Crippen MR) is 99.6 cm³/mol. The number of piperidine rings is 1. The van der Waals surface area contributed by atoms with E-state index in [2.05, 4.69) is 5.32 Å². The Balaban J connectivity index is 0.000000396. The van der Waals surface area contributed by atoms with E-state index in [1.807, 2.05) is 0 Å². The normalized spacial score (nSPS) is 20.5. The highest BCUT2D eigenvalue weighted by molar-refractivity contribution is 7.89. The molecule has 0 atom stereocenters. The van der Waals surface area contributed by atoms with Crippen LogP contribution in [0.1, 0.15) is 19.8 Å². The average Bonchev–Trinajstić information content (AvgIpc) is 2.66. The Morgan fingerprint density at radius 3 is 2.33 bits per heavy atom. The van der Waals surface area contributed by atoms with Crippen molar-refractivity contribution in [1.29, 1.82) is 0 Å². The van der Waals surface area contributed by atoms with Crippen LogP contribution in [0.5, 0.6) is 5.75 Å². The van der Waals surface area contributed by atoms with Gasteiger partial charge < -0.3 is 15.2 Å². The minimum absolute atomic E-state index is 0.0914. The van der Waals surface area contributed by atoms with Crippen LogP contribution in [0.3, 0.4) is 0 Å². The monoisotopic (exact) mass is 452 g/mol. The molecule has 1 saturated heterocycles. The van der Waals surface area contributed by atoms with Crippen molar-refractivity contribution in [2.45, 2.75) is 30.8 Å². The second-order valence-corrected chi connectivity index (χ2v) is 9.17. The van der Waals surface area contributed by atoms with Crippen LogP contribution >= 0.6 is 0 Å². The van der Waals surface area contributed by atoms with E-state index in [1.54, 1.807) is 18.2 Å². The topological polar surface area (TPSA) is 113 Å². The summed E-state index contributed by atoms with van der Waals surface area (Å²) < 4.78 is 65.0. The highest BCUT2D eigenvalue weighted by atomic mass is 32.2. The van der Waals surface area contributed by atoms with Crippen LogP contribution in [-0.4, -0.2) is 68.5 Å². The van der Waals surface area contributed by atoms with E-state index in [4.69, 9.17) is 14.6 Å². The molecule has 8 nitrogen and oxygen atoms in total. The van der Waals surface area contributed by atoms with Crippen LogP contribution in [0.25, 0.3) is 0 Å². The van der Waals surface area contributed by atoms with Gasteiger partial charge in [0.05, 0.1) is 13.2 Å². The van der Waals surface area contributed by atoms with Gasteiger partial charge in [0.15, 0.2) is 0 Å². The number of nitrogens with one attached hydrogen (secondary N) is 1. The molecule has 1 spiro atoms. The molecule has 1 aromatic carbocycles. The summed E-state index contributed by atoms with van der Waals surface area (Å²) in [6, 6.07) is 6.66. The number of Topliss-reactive ketones (excluding diaryl/α,β-unsaturated/α-hetero) is 1. The number of hydrogen-bond donors (Lipinski definition) is 2. The fourth-order valence-electron chi connectivity index (χ4n) is 3.31. The molecule has 3 rings (SSSR count). The fourth-order valence-corrected chi connectivity index (χ4v) is 5.01. The van der Waals surface area contributed by atoms with E-state index < -0.39 is 22.2 Å². The number of carbonyl (C=O) groups excluding carboxylic acids is 1. The molecule has 0 aliphatic carbocycles. The van der Waals surface area contributed by atoms with Gasteiger partial charge in [-0.1, -0.05) is 12.1 Å². The lowest BCUT2D eigenvalue weighted by molar-refractivity contribution is -0.192. The van der Waals surface area contributed by atoms with Crippen molar-refractivity contribution >= 4 is 21.8 Å². The van der Waals surface area contributed by atoms with E-state index in [0.717, 1.165) is 25.9 Å². The minimum Gasteiger partial charge on any atom is -0.492 e. The summed E-state index contributed by atoms with van der Waals surface area (Å²) in [7, 11) is -3.75. The number of carbonyl (C=O) groups is 2. The minimum atomic E-state index is -5.08. The van der Waals surface area contributed by atoms with Crippen LogP contribution in [-0.2, 0) is 19.6 Å². The molecule has 12 heteroatoms. The third-order valence-electron chi connectivity index (χ3n) is 4.82. The van der Waals surface area contributed by atoms with Crippen molar-refractivity contribution in [3.8, 4) is 5.75 Å². The lowest BCUT2D eigenvalue weighted by Gasteiger charge is -2.42. The van der Waals surface area contributed by atoms with Gasteiger partial charge >= 0.3 is 12.1 Å². The molecule has 0 saturated carbocycles. The molecular formula is C18H23F3N2O6S. The molecule has 2 aliphatic heterocycles. The Bertz CT molecular complexity index is 882. The molecule has 2 heterocycles. The molecule has 0 radical (unpaired) electrons. The van der Waals surface area contributed by atoms with E-state index in [9.17, 15) is 26.4 Å². The van der Waals surface area contributed by atoms with Crippen LogP contribution in [0.2, 0.25) is 0 Å². The molecule has 2 aliphatic rings. The molecule has 168 valence electrons. The lowest BCUT2D eigenvalue weighted by atomic mass is 9.79. The first-order chi connectivity index (χ1) is 13.9. The van der Waals surface area contributed by atoms with Gasteiger partial charge in [0.25, 0.3) is 0 Å². The maximum absolute atomic E-state index is 13.0. The number of ketones is 1. The standard InChI is InChI=1S/C16H22N2O4S.C2HF3O2/c1-13(19)10-18-11-16(6-8-17-9-7-16)12-22-14-4-2-3-5-15(14)23(18,20)21;3-2(4,5)1(6)7/h2-5,17H,6-12H2,1H3;(H,6,7). The predicted octanol–water partition coefficient (Wildman–Crippen LogP) is 1.66. The molecule has 0 bridgehead atoms. The van der Waals surface area contributed by atoms with Crippen LogP contribution < -0.4 is 10.1 Å². The fraction of sp³-hybridized carbons (Fsp3) is 0.556. The third kappa shape index (κ3) is 5.92. The maximum atomic E-state index is 13.0. The van der Waals surface area contributed by atoms with E-state index in [0.29, 0.717) is 18.9 Å². The van der Waals surface area contributed by atoms with Gasteiger partial charge in [0.1, 0.15) is 16.4 Å². The molecule has 0 aromatic heterocycles. The summed E-state index contributed by atoms with van der Waals surface area (Å²) in [4.78, 5) is 20.7. The van der Waals surface area contributed by atoms with Gasteiger partial charge in [-0.05, 0) is 45.0 Å². The maximum Gasteiger partial charge on any atom is 0.490 e. The molecule has 1 fully saturated rings. The molecular weight excluding hydrogens is 429 g/mol. The van der Waals surface area contributed by atoms with E-state index in [1.165, 1.54) is 17.3 Å². The van der Waals surface area contributed by atoms with Crippen LogP contribution in [0.15, 0.2) is 29.2 Å². The van der Waals surface area contributed by atoms with Crippen molar-refractivity contribution in [3.63, 3.8) is 0 Å². The first-order valence-corrected chi connectivity index (χ1v) is 10.5. The SMILES string of the molecule is CC(=O)CN1CC2(CCNCC2)COc2ccccc2S1(=O)=O.O=C(O)C(F)(F)F. The number of fused-ring (bicyclic) bond motifs is 1. The molecule has 0 amide bonds. The van der Waals surface area contributed by atoms with Crippen molar-refractivity contribution in [1.82, 2.24) is 9.62 Å². The van der Waals surface area contributed by atoms with Crippen molar-refractivity contribution < 1.29 is 41.0 Å². The second-order valence-electron chi connectivity index (χ2n) is 7.26. The Labute approximate surface area is 172 Å². The summed E-state index contributed by atoms with van der Waals surface area (Å²) in [5.74, 6) is -2.54. The largest absolute Gasteiger partial charge is 0.492 e. The number of rotatable bonds is 2. The summed E-state index contributed by atoms with van der Waals surface area (Å²) in [6.45, 7) is 3.79. The first kappa shape index (κ1) is 24.1. The Morgan fingerprint density at radius 1 is 1.23 bits per heavy atom. The number of hydrogen-bond acceptors (Lipinski definition) is 6. The first-order valence-electron chi connectivity index (χ1n) is 9.10. The highest BCUT2D eigenvalue weighted by Gasteiger charge is 2.42. The van der Waals surface area contributed by atoms with Gasteiger partial charge in [0.2, 0.25) is 10.0 Å². The summed E-state index contributed by atoms with van der Waals surface area (Å²) in [6.07, 6.45) is -3.42. The number of nitrogens with zero attached hydrogens (tertiary/aromatic N) is 1. The van der Waals surface area contributed by atoms with Crippen molar-refractivity contribution in [2.75, 3.05) is 32.8 Å². The number of halogens is 3. The number of benzene rings is 1. The number of aliphatic carboxylic acids is 1. The van der Waals surface area contributed by atoms with Crippen molar-refractivity contribution in [2.24, 2.45) is 5.41 Å².